The first kappa shape index (κ1) is 11.8. The monoisotopic (exact) mass is 227 g/mol. The van der Waals surface area contributed by atoms with Gasteiger partial charge < -0.3 is 15.8 Å². The summed E-state index contributed by atoms with van der Waals surface area (Å²) < 4.78 is 5.27. The van der Waals surface area contributed by atoms with Crippen molar-refractivity contribution in [3.05, 3.63) is 0 Å². The summed E-state index contributed by atoms with van der Waals surface area (Å²) in [5, 5.41) is 2.94. The first-order valence-corrected chi connectivity index (χ1v) is 6.11. The van der Waals surface area contributed by atoms with Gasteiger partial charge in [-0.3, -0.25) is 9.69 Å². The second kappa shape index (κ2) is 5.61. The Labute approximate surface area is 96.3 Å². The highest BCUT2D eigenvalue weighted by molar-refractivity contribution is 5.82. The molecular formula is C11H21N3O2. The number of amides is 1. The van der Waals surface area contributed by atoms with Gasteiger partial charge in [0.2, 0.25) is 5.91 Å². The van der Waals surface area contributed by atoms with E-state index in [1.165, 1.54) is 0 Å². The molecule has 2 atom stereocenters. The highest BCUT2D eigenvalue weighted by atomic mass is 16.5. The van der Waals surface area contributed by atoms with Crippen LogP contribution in [0.5, 0.6) is 0 Å². The Morgan fingerprint density at radius 2 is 2.12 bits per heavy atom. The van der Waals surface area contributed by atoms with Gasteiger partial charge in [-0.15, -0.1) is 0 Å². The number of carbonyl (C=O) groups is 1. The van der Waals surface area contributed by atoms with Gasteiger partial charge >= 0.3 is 0 Å². The van der Waals surface area contributed by atoms with Crippen LogP contribution in [0.1, 0.15) is 12.8 Å². The minimum atomic E-state index is 0.0865. The van der Waals surface area contributed by atoms with Gasteiger partial charge in [-0.25, -0.2) is 0 Å². The molecule has 0 aromatic rings. The molecule has 1 saturated carbocycles. The van der Waals surface area contributed by atoms with Crippen molar-refractivity contribution in [3.8, 4) is 0 Å². The SMILES string of the molecule is NC1CC1C(=O)NCCCN1CCOCC1. The number of ether oxygens (including phenoxy) is 1. The standard InChI is InChI=1S/C11H21N3O2/c12-10-8-9(10)11(15)13-2-1-3-14-4-6-16-7-5-14/h9-10H,1-8,12H2,(H,13,15). The summed E-state index contributed by atoms with van der Waals surface area (Å²) in [6.07, 6.45) is 1.86. The van der Waals surface area contributed by atoms with Gasteiger partial charge in [0.1, 0.15) is 0 Å². The number of nitrogens with two attached hydrogens (primary N) is 1. The highest BCUT2D eigenvalue weighted by Gasteiger charge is 2.39. The van der Waals surface area contributed by atoms with Crippen molar-refractivity contribution in [2.24, 2.45) is 11.7 Å². The minimum absolute atomic E-state index is 0.0865. The Morgan fingerprint density at radius 1 is 1.44 bits per heavy atom. The summed E-state index contributed by atoms with van der Waals surface area (Å²) in [7, 11) is 0. The first-order chi connectivity index (χ1) is 7.77. The molecule has 1 saturated heterocycles. The lowest BCUT2D eigenvalue weighted by Gasteiger charge is -2.26. The Morgan fingerprint density at radius 3 is 2.75 bits per heavy atom. The summed E-state index contributed by atoms with van der Waals surface area (Å²) in [6.45, 7) is 5.51. The molecule has 5 heteroatoms. The molecule has 2 fully saturated rings. The molecule has 2 rings (SSSR count). The Kier molecular flexibility index (Phi) is 4.15. The van der Waals surface area contributed by atoms with Gasteiger partial charge in [-0.1, -0.05) is 0 Å². The van der Waals surface area contributed by atoms with Crippen LogP contribution in [0.15, 0.2) is 0 Å². The molecular weight excluding hydrogens is 206 g/mol. The van der Waals surface area contributed by atoms with E-state index in [2.05, 4.69) is 10.2 Å². The summed E-state index contributed by atoms with van der Waals surface area (Å²) in [6, 6.07) is 0.110. The molecule has 0 aromatic carbocycles. The van der Waals surface area contributed by atoms with Crippen molar-refractivity contribution in [1.29, 1.82) is 0 Å². The summed E-state index contributed by atoms with van der Waals surface area (Å²) in [5.74, 6) is 0.220. The normalized spacial score (nSPS) is 30.1. The lowest BCUT2D eigenvalue weighted by molar-refractivity contribution is -0.122. The van der Waals surface area contributed by atoms with Gasteiger partial charge in [-0.05, 0) is 19.4 Å². The van der Waals surface area contributed by atoms with E-state index >= 15 is 0 Å². The van der Waals surface area contributed by atoms with E-state index in [4.69, 9.17) is 10.5 Å². The molecule has 1 aliphatic carbocycles. The predicted molar refractivity (Wildman–Crippen MR) is 61.0 cm³/mol. The molecule has 0 aromatic heterocycles. The quantitative estimate of drug-likeness (QED) is 0.602. The fourth-order valence-corrected chi connectivity index (χ4v) is 1.99. The summed E-state index contributed by atoms with van der Waals surface area (Å²) in [5.41, 5.74) is 5.61. The number of morpholine rings is 1. The summed E-state index contributed by atoms with van der Waals surface area (Å²) in [4.78, 5) is 13.8. The lowest BCUT2D eigenvalue weighted by Crippen LogP contribution is -2.38. The zero-order chi connectivity index (χ0) is 11.4. The number of hydrogen-bond acceptors (Lipinski definition) is 4. The average Bonchev–Trinajstić information content (AvgIpc) is 3.03. The van der Waals surface area contributed by atoms with Gasteiger partial charge in [-0.2, -0.15) is 0 Å². The Balaban J connectivity index is 1.49. The first-order valence-electron chi connectivity index (χ1n) is 6.11. The van der Waals surface area contributed by atoms with Gasteiger partial charge in [0.25, 0.3) is 0 Å². The van der Waals surface area contributed by atoms with Crippen molar-refractivity contribution < 1.29 is 9.53 Å². The number of hydrogen-bond donors (Lipinski definition) is 2. The van der Waals surface area contributed by atoms with Gasteiger partial charge in [0.15, 0.2) is 0 Å². The molecule has 0 bridgehead atoms. The van der Waals surface area contributed by atoms with Crippen molar-refractivity contribution >= 4 is 5.91 Å². The van der Waals surface area contributed by atoms with E-state index in [1.54, 1.807) is 0 Å². The molecule has 0 radical (unpaired) electrons. The Hall–Kier alpha value is -0.650. The number of rotatable bonds is 5. The number of nitrogens with one attached hydrogen (secondary N) is 1. The van der Waals surface area contributed by atoms with E-state index < -0.39 is 0 Å². The molecule has 1 amide bonds. The zero-order valence-electron chi connectivity index (χ0n) is 9.65. The van der Waals surface area contributed by atoms with Crippen LogP contribution < -0.4 is 11.1 Å². The van der Waals surface area contributed by atoms with Gasteiger partial charge in [0, 0.05) is 25.7 Å². The Bertz CT molecular complexity index is 241. The largest absolute Gasteiger partial charge is 0.379 e. The molecule has 1 aliphatic heterocycles. The number of carbonyl (C=O) groups excluding carboxylic acids is 1. The molecule has 16 heavy (non-hydrogen) atoms. The van der Waals surface area contributed by atoms with Crippen LogP contribution in [-0.2, 0) is 9.53 Å². The molecule has 92 valence electrons. The molecule has 2 unspecified atom stereocenters. The maximum Gasteiger partial charge on any atom is 0.224 e. The zero-order valence-corrected chi connectivity index (χ0v) is 9.65. The molecule has 2 aliphatic rings. The average molecular weight is 227 g/mol. The highest BCUT2D eigenvalue weighted by Crippen LogP contribution is 2.27. The topological polar surface area (TPSA) is 67.6 Å². The second-order valence-corrected chi connectivity index (χ2v) is 4.60. The maximum absolute atomic E-state index is 11.4. The van der Waals surface area contributed by atoms with E-state index in [0.717, 1.165) is 52.2 Å². The van der Waals surface area contributed by atoms with Crippen LogP contribution in [0.25, 0.3) is 0 Å². The second-order valence-electron chi connectivity index (χ2n) is 4.60. The van der Waals surface area contributed by atoms with E-state index in [0.29, 0.717) is 0 Å². The minimum Gasteiger partial charge on any atom is -0.379 e. The van der Waals surface area contributed by atoms with E-state index in [9.17, 15) is 4.79 Å². The van der Waals surface area contributed by atoms with Crippen LogP contribution in [0.3, 0.4) is 0 Å². The molecule has 3 N–H and O–H groups in total. The third-order valence-electron chi connectivity index (χ3n) is 3.23. The van der Waals surface area contributed by atoms with Crippen molar-refractivity contribution in [1.82, 2.24) is 10.2 Å². The maximum atomic E-state index is 11.4. The van der Waals surface area contributed by atoms with Crippen LogP contribution in [0, 0.1) is 5.92 Å². The fourth-order valence-electron chi connectivity index (χ4n) is 1.99. The number of nitrogens with zero attached hydrogens (tertiary/aromatic N) is 1. The van der Waals surface area contributed by atoms with Crippen molar-refractivity contribution in [3.63, 3.8) is 0 Å². The molecule has 0 spiro atoms. The smallest absolute Gasteiger partial charge is 0.224 e. The van der Waals surface area contributed by atoms with Crippen molar-refractivity contribution in [2.45, 2.75) is 18.9 Å². The van der Waals surface area contributed by atoms with E-state index in [1.807, 2.05) is 0 Å². The van der Waals surface area contributed by atoms with Crippen molar-refractivity contribution in [2.75, 3.05) is 39.4 Å². The van der Waals surface area contributed by atoms with E-state index in [-0.39, 0.29) is 17.9 Å². The molecule has 5 nitrogen and oxygen atoms in total. The lowest BCUT2D eigenvalue weighted by atomic mass is 10.3. The third-order valence-corrected chi connectivity index (χ3v) is 3.23. The van der Waals surface area contributed by atoms with Crippen LogP contribution in [0.2, 0.25) is 0 Å². The fraction of sp³-hybridized carbons (Fsp3) is 0.909. The van der Waals surface area contributed by atoms with Crippen LogP contribution >= 0.6 is 0 Å². The van der Waals surface area contributed by atoms with Crippen LogP contribution in [0.4, 0.5) is 0 Å². The van der Waals surface area contributed by atoms with Gasteiger partial charge in [0.05, 0.1) is 19.1 Å². The third kappa shape index (κ3) is 3.43. The predicted octanol–water partition coefficient (Wildman–Crippen LogP) is -0.828. The summed E-state index contributed by atoms with van der Waals surface area (Å²) >= 11 is 0. The molecule has 1 heterocycles. The van der Waals surface area contributed by atoms with Crippen LogP contribution in [-0.4, -0.2) is 56.2 Å².